The second-order valence-electron chi connectivity index (χ2n) is 5.87. The minimum Gasteiger partial charge on any atom is -0.369 e. The van der Waals surface area contributed by atoms with Crippen molar-refractivity contribution >= 4 is 5.82 Å². The molecule has 2 rings (SSSR count). The third-order valence-corrected chi connectivity index (χ3v) is 3.56. The molecular formula is C15H21N3. The van der Waals surface area contributed by atoms with Gasteiger partial charge in [0.15, 0.2) is 0 Å². The van der Waals surface area contributed by atoms with Crippen molar-refractivity contribution in [3.63, 3.8) is 0 Å². The second kappa shape index (κ2) is 4.97. The maximum absolute atomic E-state index is 9.22. The van der Waals surface area contributed by atoms with Crippen molar-refractivity contribution in [2.24, 2.45) is 5.41 Å². The van der Waals surface area contributed by atoms with E-state index in [-0.39, 0.29) is 0 Å². The number of aryl methyl sites for hydroxylation is 1. The quantitative estimate of drug-likeness (QED) is 0.886. The highest BCUT2D eigenvalue weighted by Crippen LogP contribution is 2.35. The van der Waals surface area contributed by atoms with Crippen LogP contribution in [-0.2, 0) is 12.8 Å². The minimum atomic E-state index is 0.333. The van der Waals surface area contributed by atoms with Gasteiger partial charge in [-0.1, -0.05) is 20.8 Å². The number of aromatic nitrogens is 1. The number of rotatable bonds is 3. The molecule has 0 amide bonds. The lowest BCUT2D eigenvalue weighted by Crippen LogP contribution is -2.23. The van der Waals surface area contributed by atoms with E-state index in [0.717, 1.165) is 31.6 Å². The van der Waals surface area contributed by atoms with E-state index in [0.29, 0.717) is 11.0 Å². The molecule has 0 radical (unpaired) electrons. The van der Waals surface area contributed by atoms with E-state index < -0.39 is 0 Å². The molecule has 18 heavy (non-hydrogen) atoms. The molecule has 0 aromatic carbocycles. The Balaban J connectivity index is 2.34. The highest BCUT2D eigenvalue weighted by molar-refractivity contribution is 5.54. The molecule has 0 spiro atoms. The largest absolute Gasteiger partial charge is 0.369 e. The molecule has 1 aromatic heterocycles. The number of nitrogens with zero attached hydrogens (tertiary/aromatic N) is 2. The number of pyridine rings is 1. The van der Waals surface area contributed by atoms with Crippen LogP contribution >= 0.6 is 0 Å². The van der Waals surface area contributed by atoms with Crippen LogP contribution < -0.4 is 5.32 Å². The van der Waals surface area contributed by atoms with Crippen molar-refractivity contribution in [2.75, 3.05) is 11.9 Å². The first-order valence-electron chi connectivity index (χ1n) is 6.72. The van der Waals surface area contributed by atoms with Gasteiger partial charge in [-0.3, -0.25) is 0 Å². The summed E-state index contributed by atoms with van der Waals surface area (Å²) in [5.74, 6) is 0.762. The number of nitrogens with one attached hydrogen (secondary N) is 1. The summed E-state index contributed by atoms with van der Waals surface area (Å²) >= 11 is 0. The van der Waals surface area contributed by atoms with E-state index in [4.69, 9.17) is 0 Å². The molecule has 1 heterocycles. The summed E-state index contributed by atoms with van der Waals surface area (Å²) in [5, 5.41) is 12.5. The third-order valence-electron chi connectivity index (χ3n) is 3.56. The molecule has 0 saturated heterocycles. The predicted octanol–water partition coefficient (Wildman–Crippen LogP) is 3.29. The average molecular weight is 243 g/mol. The van der Waals surface area contributed by atoms with Crippen molar-refractivity contribution < 1.29 is 0 Å². The van der Waals surface area contributed by atoms with Gasteiger partial charge in [0, 0.05) is 12.2 Å². The lowest BCUT2D eigenvalue weighted by atomic mass is 9.76. The van der Waals surface area contributed by atoms with Crippen LogP contribution in [0.4, 0.5) is 5.82 Å². The van der Waals surface area contributed by atoms with Gasteiger partial charge in [-0.2, -0.15) is 5.26 Å². The van der Waals surface area contributed by atoms with Gasteiger partial charge in [0.25, 0.3) is 0 Å². The van der Waals surface area contributed by atoms with E-state index in [1.807, 2.05) is 6.07 Å². The van der Waals surface area contributed by atoms with Gasteiger partial charge in [-0.05, 0) is 42.7 Å². The van der Waals surface area contributed by atoms with Crippen LogP contribution in [0.5, 0.6) is 0 Å². The fourth-order valence-corrected chi connectivity index (χ4v) is 2.49. The second-order valence-corrected chi connectivity index (χ2v) is 5.87. The molecule has 0 bridgehead atoms. The number of anilines is 1. The van der Waals surface area contributed by atoms with Gasteiger partial charge in [0.2, 0.25) is 0 Å². The monoisotopic (exact) mass is 243 g/mol. The van der Waals surface area contributed by atoms with E-state index in [2.05, 4.69) is 37.1 Å². The van der Waals surface area contributed by atoms with Crippen molar-refractivity contribution in [1.29, 1.82) is 5.26 Å². The van der Waals surface area contributed by atoms with Crippen molar-refractivity contribution in [3.8, 4) is 6.07 Å². The van der Waals surface area contributed by atoms with Gasteiger partial charge < -0.3 is 5.32 Å². The third kappa shape index (κ3) is 2.64. The van der Waals surface area contributed by atoms with Gasteiger partial charge in [-0.25, -0.2) is 4.98 Å². The molecule has 3 nitrogen and oxygen atoms in total. The van der Waals surface area contributed by atoms with Crippen LogP contribution in [0.15, 0.2) is 6.07 Å². The Labute approximate surface area is 109 Å². The van der Waals surface area contributed by atoms with Crippen molar-refractivity contribution in [3.05, 3.63) is 22.9 Å². The van der Waals surface area contributed by atoms with Crippen molar-refractivity contribution in [2.45, 2.75) is 46.5 Å². The number of hydrogen-bond donors (Lipinski definition) is 1. The van der Waals surface area contributed by atoms with Crippen molar-refractivity contribution in [1.82, 2.24) is 4.98 Å². The zero-order valence-corrected chi connectivity index (χ0v) is 11.5. The van der Waals surface area contributed by atoms with E-state index in [1.54, 1.807) is 0 Å². The fraction of sp³-hybridized carbons (Fsp3) is 0.600. The number of fused-ring (bicyclic) bond motifs is 1. The summed E-state index contributed by atoms with van der Waals surface area (Å²) in [4.78, 5) is 4.65. The standard InChI is InChI=1S/C15H21N3/c1-4-7-17-14-12(10-16)8-11-9-15(2,3)6-5-13(11)18-14/h8H,4-7,9H2,1-3H3,(H,17,18). The summed E-state index contributed by atoms with van der Waals surface area (Å²) in [7, 11) is 0. The molecule has 3 heteroatoms. The molecule has 1 aromatic rings. The van der Waals surface area contributed by atoms with E-state index in [1.165, 1.54) is 17.7 Å². The average Bonchev–Trinajstić information content (AvgIpc) is 2.34. The normalized spacial score (nSPS) is 16.8. The Morgan fingerprint density at radius 1 is 1.50 bits per heavy atom. The predicted molar refractivity (Wildman–Crippen MR) is 73.5 cm³/mol. The summed E-state index contributed by atoms with van der Waals surface area (Å²) in [5.41, 5.74) is 3.44. The summed E-state index contributed by atoms with van der Waals surface area (Å²) < 4.78 is 0. The highest BCUT2D eigenvalue weighted by atomic mass is 15.0. The van der Waals surface area contributed by atoms with Crippen LogP contribution in [0.1, 0.15) is 50.4 Å². The molecule has 0 fully saturated rings. The molecule has 1 N–H and O–H groups in total. The molecule has 96 valence electrons. The first kappa shape index (κ1) is 12.9. The molecular weight excluding hydrogens is 222 g/mol. The van der Waals surface area contributed by atoms with Crippen LogP contribution in [0, 0.1) is 16.7 Å². The van der Waals surface area contributed by atoms with Gasteiger partial charge in [-0.15, -0.1) is 0 Å². The fourth-order valence-electron chi connectivity index (χ4n) is 2.49. The zero-order chi connectivity index (χ0) is 13.2. The Morgan fingerprint density at radius 2 is 2.28 bits per heavy atom. The van der Waals surface area contributed by atoms with Crippen LogP contribution in [0.25, 0.3) is 0 Å². The lowest BCUT2D eigenvalue weighted by Gasteiger charge is -2.31. The molecule has 1 aliphatic rings. The molecule has 1 aliphatic carbocycles. The summed E-state index contributed by atoms with van der Waals surface area (Å²) in [6.45, 7) is 7.54. The molecule has 0 aliphatic heterocycles. The molecule has 0 saturated carbocycles. The Kier molecular flexibility index (Phi) is 3.56. The van der Waals surface area contributed by atoms with Gasteiger partial charge in [0.1, 0.15) is 11.9 Å². The van der Waals surface area contributed by atoms with Crippen LogP contribution in [0.3, 0.4) is 0 Å². The number of nitriles is 1. The molecule has 0 unspecified atom stereocenters. The summed E-state index contributed by atoms with van der Waals surface area (Å²) in [6, 6.07) is 4.29. The van der Waals surface area contributed by atoms with Gasteiger partial charge in [0.05, 0.1) is 5.56 Å². The topological polar surface area (TPSA) is 48.7 Å². The Morgan fingerprint density at radius 3 is 2.94 bits per heavy atom. The minimum absolute atomic E-state index is 0.333. The zero-order valence-electron chi connectivity index (χ0n) is 11.5. The Hall–Kier alpha value is -1.56. The number of hydrogen-bond acceptors (Lipinski definition) is 3. The van der Waals surface area contributed by atoms with Crippen LogP contribution in [-0.4, -0.2) is 11.5 Å². The maximum Gasteiger partial charge on any atom is 0.144 e. The maximum atomic E-state index is 9.22. The smallest absolute Gasteiger partial charge is 0.144 e. The lowest BCUT2D eigenvalue weighted by molar-refractivity contribution is 0.312. The first-order valence-corrected chi connectivity index (χ1v) is 6.72. The first-order chi connectivity index (χ1) is 8.55. The Bertz CT molecular complexity index is 483. The van der Waals surface area contributed by atoms with Crippen LogP contribution in [0.2, 0.25) is 0 Å². The SMILES string of the molecule is CCCNc1nc2c(cc1C#N)CC(C)(C)CC2. The highest BCUT2D eigenvalue weighted by Gasteiger charge is 2.27. The van der Waals surface area contributed by atoms with Gasteiger partial charge >= 0.3 is 0 Å². The van der Waals surface area contributed by atoms with E-state index in [9.17, 15) is 5.26 Å². The molecule has 0 atom stereocenters. The van der Waals surface area contributed by atoms with E-state index >= 15 is 0 Å². The summed E-state index contributed by atoms with van der Waals surface area (Å²) in [6.07, 6.45) is 4.26.